The standard InChI is InChI=1S/C14H9BrF4O/c15-9-6-11(17)8(5-12(9)18)13(20)4-7-2-1-3-10(16)14(7)19/h1-3,5-6,13,20H,4H2. The fourth-order valence-electron chi connectivity index (χ4n) is 1.82. The molecule has 0 aliphatic rings. The lowest BCUT2D eigenvalue weighted by atomic mass is 10.0. The zero-order valence-corrected chi connectivity index (χ0v) is 11.6. The van der Waals surface area contributed by atoms with Crippen LogP contribution in [0.2, 0.25) is 0 Å². The summed E-state index contributed by atoms with van der Waals surface area (Å²) in [4.78, 5) is 0. The highest BCUT2D eigenvalue weighted by atomic mass is 79.9. The molecular weight excluding hydrogens is 340 g/mol. The van der Waals surface area contributed by atoms with Gasteiger partial charge in [-0.2, -0.15) is 0 Å². The molecule has 1 nitrogen and oxygen atoms in total. The highest BCUT2D eigenvalue weighted by Gasteiger charge is 2.19. The van der Waals surface area contributed by atoms with Crippen LogP contribution in [0.5, 0.6) is 0 Å². The highest BCUT2D eigenvalue weighted by Crippen LogP contribution is 2.27. The van der Waals surface area contributed by atoms with Gasteiger partial charge in [0.15, 0.2) is 11.6 Å². The maximum absolute atomic E-state index is 13.6. The van der Waals surface area contributed by atoms with Gasteiger partial charge in [0.25, 0.3) is 0 Å². The first-order chi connectivity index (χ1) is 9.40. The smallest absolute Gasteiger partial charge is 0.162 e. The molecular formula is C14H9BrF4O. The molecule has 0 aliphatic heterocycles. The Morgan fingerprint density at radius 2 is 1.70 bits per heavy atom. The summed E-state index contributed by atoms with van der Waals surface area (Å²) in [6.07, 6.45) is -1.84. The quantitative estimate of drug-likeness (QED) is 0.648. The van der Waals surface area contributed by atoms with Crippen LogP contribution in [0.15, 0.2) is 34.8 Å². The molecule has 0 heterocycles. The molecule has 2 aromatic carbocycles. The van der Waals surface area contributed by atoms with Gasteiger partial charge in [0.2, 0.25) is 0 Å². The number of benzene rings is 2. The van der Waals surface area contributed by atoms with Crippen LogP contribution in [-0.4, -0.2) is 5.11 Å². The third kappa shape index (κ3) is 3.02. The molecule has 0 fully saturated rings. The lowest BCUT2D eigenvalue weighted by Gasteiger charge is -2.13. The van der Waals surface area contributed by atoms with Gasteiger partial charge in [-0.05, 0) is 39.7 Å². The summed E-state index contributed by atoms with van der Waals surface area (Å²) in [7, 11) is 0. The van der Waals surface area contributed by atoms with Gasteiger partial charge in [-0.25, -0.2) is 17.6 Å². The zero-order valence-electron chi connectivity index (χ0n) is 10.0. The van der Waals surface area contributed by atoms with Crippen molar-refractivity contribution in [2.75, 3.05) is 0 Å². The zero-order chi connectivity index (χ0) is 14.9. The maximum Gasteiger partial charge on any atom is 0.162 e. The summed E-state index contributed by atoms with van der Waals surface area (Å²) in [6, 6.07) is 5.18. The van der Waals surface area contributed by atoms with E-state index in [-0.39, 0.29) is 22.0 Å². The van der Waals surface area contributed by atoms with Crippen molar-refractivity contribution in [1.82, 2.24) is 0 Å². The van der Waals surface area contributed by atoms with Crippen LogP contribution in [0, 0.1) is 23.3 Å². The van der Waals surface area contributed by atoms with Crippen molar-refractivity contribution < 1.29 is 22.7 Å². The predicted octanol–water partition coefficient (Wildman–Crippen LogP) is 4.28. The number of hydrogen-bond donors (Lipinski definition) is 1. The normalized spacial score (nSPS) is 12.5. The van der Waals surface area contributed by atoms with Crippen LogP contribution in [0.1, 0.15) is 17.2 Å². The highest BCUT2D eigenvalue weighted by molar-refractivity contribution is 9.10. The van der Waals surface area contributed by atoms with Crippen molar-refractivity contribution >= 4 is 15.9 Å². The molecule has 0 aromatic heterocycles. The minimum Gasteiger partial charge on any atom is -0.388 e. The van der Waals surface area contributed by atoms with Gasteiger partial charge < -0.3 is 5.11 Å². The van der Waals surface area contributed by atoms with Crippen molar-refractivity contribution in [3.05, 3.63) is 69.2 Å². The summed E-state index contributed by atoms with van der Waals surface area (Å²) in [6.45, 7) is 0. The predicted molar refractivity (Wildman–Crippen MR) is 69.1 cm³/mol. The molecule has 0 saturated carbocycles. The Labute approximate surface area is 121 Å². The second-order valence-electron chi connectivity index (χ2n) is 4.22. The lowest BCUT2D eigenvalue weighted by molar-refractivity contribution is 0.171. The van der Waals surface area contributed by atoms with Gasteiger partial charge in [-0.1, -0.05) is 12.1 Å². The van der Waals surface area contributed by atoms with Gasteiger partial charge in [0, 0.05) is 12.0 Å². The van der Waals surface area contributed by atoms with E-state index >= 15 is 0 Å². The van der Waals surface area contributed by atoms with Crippen LogP contribution < -0.4 is 0 Å². The molecule has 0 aliphatic carbocycles. The van der Waals surface area contributed by atoms with Crippen molar-refractivity contribution in [2.24, 2.45) is 0 Å². The van der Waals surface area contributed by atoms with Crippen LogP contribution >= 0.6 is 15.9 Å². The molecule has 20 heavy (non-hydrogen) atoms. The van der Waals surface area contributed by atoms with E-state index in [0.717, 1.165) is 18.2 Å². The summed E-state index contributed by atoms with van der Waals surface area (Å²) < 4.78 is 53.4. The first-order valence-electron chi connectivity index (χ1n) is 5.65. The van der Waals surface area contributed by atoms with Gasteiger partial charge in [-0.3, -0.25) is 0 Å². The monoisotopic (exact) mass is 348 g/mol. The summed E-state index contributed by atoms with van der Waals surface area (Å²) in [5, 5.41) is 9.87. The maximum atomic E-state index is 13.6. The molecule has 1 unspecified atom stereocenters. The third-order valence-corrected chi connectivity index (χ3v) is 3.45. The second-order valence-corrected chi connectivity index (χ2v) is 5.08. The first kappa shape index (κ1) is 15.0. The van der Waals surface area contributed by atoms with Crippen molar-refractivity contribution in [3.8, 4) is 0 Å². The molecule has 1 N–H and O–H groups in total. The summed E-state index contributed by atoms with van der Waals surface area (Å²) in [5.41, 5.74) is -0.422. The molecule has 2 rings (SSSR count). The molecule has 0 radical (unpaired) electrons. The van der Waals surface area contributed by atoms with Crippen molar-refractivity contribution in [2.45, 2.75) is 12.5 Å². The SMILES string of the molecule is OC(Cc1cccc(F)c1F)c1cc(F)c(Br)cc1F. The number of hydrogen-bond acceptors (Lipinski definition) is 1. The lowest BCUT2D eigenvalue weighted by Crippen LogP contribution is -2.07. The fraction of sp³-hybridized carbons (Fsp3) is 0.143. The van der Waals surface area contributed by atoms with Gasteiger partial charge >= 0.3 is 0 Å². The Kier molecular flexibility index (Phi) is 4.45. The molecule has 1 atom stereocenters. The molecule has 0 saturated heterocycles. The number of aliphatic hydroxyl groups excluding tert-OH is 1. The molecule has 106 valence electrons. The third-order valence-electron chi connectivity index (χ3n) is 2.84. The number of rotatable bonds is 3. The van der Waals surface area contributed by atoms with Crippen LogP contribution in [0.4, 0.5) is 17.6 Å². The van der Waals surface area contributed by atoms with E-state index in [0.29, 0.717) is 0 Å². The minimum atomic E-state index is -1.48. The van der Waals surface area contributed by atoms with E-state index < -0.39 is 29.4 Å². The van der Waals surface area contributed by atoms with E-state index in [1.54, 1.807) is 0 Å². The van der Waals surface area contributed by atoms with Crippen molar-refractivity contribution in [1.29, 1.82) is 0 Å². The van der Waals surface area contributed by atoms with Gasteiger partial charge in [0.1, 0.15) is 11.6 Å². The molecule has 0 spiro atoms. The first-order valence-corrected chi connectivity index (χ1v) is 6.45. The van der Waals surface area contributed by atoms with E-state index in [1.807, 2.05) is 0 Å². The Morgan fingerprint density at radius 3 is 2.40 bits per heavy atom. The van der Waals surface area contributed by atoms with E-state index in [1.165, 1.54) is 12.1 Å². The molecule has 6 heteroatoms. The summed E-state index contributed by atoms with van der Waals surface area (Å²) >= 11 is 2.81. The van der Waals surface area contributed by atoms with E-state index in [9.17, 15) is 22.7 Å². The Morgan fingerprint density at radius 1 is 1.00 bits per heavy atom. The fourth-order valence-corrected chi connectivity index (χ4v) is 2.13. The van der Waals surface area contributed by atoms with Crippen molar-refractivity contribution in [3.63, 3.8) is 0 Å². The largest absolute Gasteiger partial charge is 0.388 e. The average Bonchev–Trinajstić information content (AvgIpc) is 2.39. The van der Waals surface area contributed by atoms with E-state index in [4.69, 9.17) is 0 Å². The van der Waals surface area contributed by atoms with Crippen LogP contribution in [-0.2, 0) is 6.42 Å². The van der Waals surface area contributed by atoms with Gasteiger partial charge in [0.05, 0.1) is 10.6 Å². The average molecular weight is 349 g/mol. The number of halogens is 5. The molecule has 0 bridgehead atoms. The second kappa shape index (κ2) is 5.93. The number of aliphatic hydroxyl groups is 1. The Balaban J connectivity index is 2.31. The minimum absolute atomic E-state index is 0.0807. The van der Waals surface area contributed by atoms with Gasteiger partial charge in [-0.15, -0.1) is 0 Å². The van der Waals surface area contributed by atoms with E-state index in [2.05, 4.69) is 15.9 Å². The topological polar surface area (TPSA) is 20.2 Å². The molecule has 0 amide bonds. The van der Waals surface area contributed by atoms with Crippen LogP contribution in [0.25, 0.3) is 0 Å². The Bertz CT molecular complexity index is 645. The van der Waals surface area contributed by atoms with Crippen LogP contribution in [0.3, 0.4) is 0 Å². The Hall–Kier alpha value is -1.40. The molecule has 2 aromatic rings. The summed E-state index contributed by atoms with van der Waals surface area (Å²) in [5.74, 6) is -3.75.